The smallest absolute Gasteiger partial charge is 0.383 e. The first kappa shape index (κ1) is 22.4. The molecule has 3 aromatic rings. The van der Waals surface area contributed by atoms with Crippen LogP contribution < -0.4 is 5.73 Å². The number of fused-ring (bicyclic) bond motifs is 1. The van der Waals surface area contributed by atoms with E-state index in [1.54, 1.807) is 18.2 Å². The standard InChI is InChI=1S/C23H20F5N3/c1-12-3-4-14-9-16(11-29)21(22(30)31-2)20(18(14)5-12)15-6-13(8-19(24)25)7-17(10-15)23(26,27)28/h3-7,9-11,19,29H,8H2,1-2H3,(H2,30,31). The van der Waals surface area contributed by atoms with Crippen molar-refractivity contribution in [3.63, 3.8) is 0 Å². The Bertz CT molecular complexity index is 1180. The number of amidine groups is 1. The Morgan fingerprint density at radius 2 is 1.84 bits per heavy atom. The molecule has 0 amide bonds. The van der Waals surface area contributed by atoms with Gasteiger partial charge in [0.05, 0.1) is 5.56 Å². The zero-order chi connectivity index (χ0) is 22.9. The third kappa shape index (κ3) is 4.57. The molecule has 8 heteroatoms. The predicted molar refractivity (Wildman–Crippen MR) is 113 cm³/mol. The van der Waals surface area contributed by atoms with Gasteiger partial charge in [0, 0.05) is 36.4 Å². The molecule has 3 rings (SSSR count). The van der Waals surface area contributed by atoms with Gasteiger partial charge in [-0.1, -0.05) is 29.8 Å². The van der Waals surface area contributed by atoms with Gasteiger partial charge in [-0.3, -0.25) is 4.99 Å². The monoisotopic (exact) mass is 433 g/mol. The molecule has 0 spiro atoms. The molecule has 0 bridgehead atoms. The number of hydrogen-bond acceptors (Lipinski definition) is 2. The average Bonchev–Trinajstić information content (AvgIpc) is 2.70. The summed E-state index contributed by atoms with van der Waals surface area (Å²) in [7, 11) is 1.43. The highest BCUT2D eigenvalue weighted by atomic mass is 19.4. The minimum Gasteiger partial charge on any atom is -0.383 e. The van der Waals surface area contributed by atoms with Gasteiger partial charge in [0.2, 0.25) is 6.43 Å². The molecule has 0 unspecified atom stereocenters. The molecule has 0 aromatic heterocycles. The third-order valence-corrected chi connectivity index (χ3v) is 4.98. The summed E-state index contributed by atoms with van der Waals surface area (Å²) in [5.74, 6) is 0.0322. The molecular formula is C23H20F5N3. The lowest BCUT2D eigenvalue weighted by atomic mass is 9.87. The number of nitrogens with two attached hydrogens (primary N) is 1. The summed E-state index contributed by atoms with van der Waals surface area (Å²) in [6, 6.07) is 10.1. The van der Waals surface area contributed by atoms with E-state index in [4.69, 9.17) is 11.1 Å². The fourth-order valence-corrected chi connectivity index (χ4v) is 3.63. The molecular weight excluding hydrogens is 413 g/mol. The van der Waals surface area contributed by atoms with Crippen molar-refractivity contribution in [3.8, 4) is 11.1 Å². The average molecular weight is 433 g/mol. The highest BCUT2D eigenvalue weighted by Crippen LogP contribution is 2.39. The van der Waals surface area contributed by atoms with Crippen LogP contribution >= 0.6 is 0 Å². The molecule has 3 aromatic carbocycles. The van der Waals surface area contributed by atoms with Crippen LogP contribution in [0.4, 0.5) is 22.0 Å². The molecule has 31 heavy (non-hydrogen) atoms. The number of alkyl halides is 5. The zero-order valence-electron chi connectivity index (χ0n) is 16.8. The van der Waals surface area contributed by atoms with Crippen molar-refractivity contribution in [1.29, 1.82) is 5.41 Å². The van der Waals surface area contributed by atoms with Gasteiger partial charge in [-0.25, -0.2) is 8.78 Å². The second-order valence-corrected chi connectivity index (χ2v) is 7.21. The van der Waals surface area contributed by atoms with Crippen LogP contribution in [0.5, 0.6) is 0 Å². The van der Waals surface area contributed by atoms with E-state index in [-0.39, 0.29) is 22.5 Å². The van der Waals surface area contributed by atoms with E-state index in [0.29, 0.717) is 21.9 Å². The maximum atomic E-state index is 13.6. The van der Waals surface area contributed by atoms with Crippen LogP contribution in [-0.2, 0) is 12.6 Å². The number of nitrogens with zero attached hydrogens (tertiary/aromatic N) is 1. The van der Waals surface area contributed by atoms with Crippen molar-refractivity contribution in [2.45, 2.75) is 25.9 Å². The Morgan fingerprint density at radius 1 is 1.13 bits per heavy atom. The van der Waals surface area contributed by atoms with E-state index in [0.717, 1.165) is 23.9 Å². The van der Waals surface area contributed by atoms with Gasteiger partial charge in [-0.05, 0) is 47.0 Å². The molecule has 0 aliphatic heterocycles. The van der Waals surface area contributed by atoms with Crippen LogP contribution in [0.3, 0.4) is 0 Å². The van der Waals surface area contributed by atoms with Gasteiger partial charge in [0.15, 0.2) is 0 Å². The topological polar surface area (TPSA) is 62.2 Å². The highest BCUT2D eigenvalue weighted by molar-refractivity contribution is 6.16. The Balaban J connectivity index is 2.51. The largest absolute Gasteiger partial charge is 0.416 e. The molecule has 0 saturated carbocycles. The van der Waals surface area contributed by atoms with Gasteiger partial charge in [0.1, 0.15) is 5.84 Å². The van der Waals surface area contributed by atoms with Crippen LogP contribution in [0, 0.1) is 12.3 Å². The Morgan fingerprint density at radius 3 is 2.42 bits per heavy atom. The summed E-state index contributed by atoms with van der Waals surface area (Å²) in [6.45, 7) is 1.83. The van der Waals surface area contributed by atoms with Gasteiger partial charge in [0.25, 0.3) is 0 Å². The number of nitrogens with one attached hydrogen (secondary N) is 1. The SMILES string of the molecule is CN=C(N)c1c(C=N)cc2ccc(C)cc2c1-c1cc(CC(F)F)cc(C(F)(F)F)c1. The Hall–Kier alpha value is -3.29. The number of aliphatic imine (C=N–C) groups is 1. The summed E-state index contributed by atoms with van der Waals surface area (Å²) in [6.07, 6.45) is -7.29. The lowest BCUT2D eigenvalue weighted by molar-refractivity contribution is -0.137. The maximum absolute atomic E-state index is 13.6. The van der Waals surface area contributed by atoms with Crippen molar-refractivity contribution in [3.05, 3.63) is 70.3 Å². The van der Waals surface area contributed by atoms with Crippen LogP contribution in [0.15, 0.2) is 47.5 Å². The predicted octanol–water partition coefficient (Wildman–Crippen LogP) is 5.97. The van der Waals surface area contributed by atoms with Gasteiger partial charge >= 0.3 is 6.18 Å². The van der Waals surface area contributed by atoms with E-state index < -0.39 is 24.6 Å². The molecule has 162 valence electrons. The summed E-state index contributed by atoms with van der Waals surface area (Å²) in [4.78, 5) is 3.97. The molecule has 0 saturated heterocycles. The molecule has 0 aliphatic carbocycles. The summed E-state index contributed by atoms with van der Waals surface area (Å²) in [5, 5.41) is 9.06. The third-order valence-electron chi connectivity index (χ3n) is 4.98. The Labute approximate surface area is 175 Å². The minimum atomic E-state index is -4.72. The highest BCUT2D eigenvalue weighted by Gasteiger charge is 2.32. The molecule has 0 radical (unpaired) electrons. The molecule has 3 nitrogen and oxygen atoms in total. The van der Waals surface area contributed by atoms with Gasteiger partial charge in [-0.15, -0.1) is 0 Å². The normalized spacial score (nSPS) is 12.6. The molecule has 0 fully saturated rings. The van der Waals surface area contributed by atoms with E-state index >= 15 is 0 Å². The molecule has 0 heterocycles. The van der Waals surface area contributed by atoms with Gasteiger partial charge < -0.3 is 11.1 Å². The number of rotatable bonds is 5. The Kier molecular flexibility index (Phi) is 6.10. The first-order valence-corrected chi connectivity index (χ1v) is 9.35. The van der Waals surface area contributed by atoms with Crippen molar-refractivity contribution < 1.29 is 22.0 Å². The first-order valence-electron chi connectivity index (χ1n) is 9.35. The van der Waals surface area contributed by atoms with E-state index in [2.05, 4.69) is 4.99 Å². The number of hydrogen-bond donors (Lipinski definition) is 2. The zero-order valence-corrected chi connectivity index (χ0v) is 16.8. The van der Waals surface area contributed by atoms with Crippen molar-refractivity contribution >= 4 is 22.8 Å². The second-order valence-electron chi connectivity index (χ2n) is 7.21. The van der Waals surface area contributed by atoms with Crippen molar-refractivity contribution in [2.24, 2.45) is 10.7 Å². The fourth-order valence-electron chi connectivity index (χ4n) is 3.63. The maximum Gasteiger partial charge on any atom is 0.416 e. The second kappa shape index (κ2) is 8.45. The van der Waals surface area contributed by atoms with Crippen LogP contribution in [0.1, 0.15) is 27.8 Å². The molecule has 0 atom stereocenters. The van der Waals surface area contributed by atoms with Crippen LogP contribution in [0.25, 0.3) is 21.9 Å². The quantitative estimate of drug-likeness (QED) is 0.290. The summed E-state index contributed by atoms with van der Waals surface area (Å²) >= 11 is 0. The van der Waals surface area contributed by atoms with Crippen molar-refractivity contribution in [1.82, 2.24) is 0 Å². The van der Waals surface area contributed by atoms with E-state index in [9.17, 15) is 22.0 Å². The lowest BCUT2D eigenvalue weighted by Gasteiger charge is -2.19. The summed E-state index contributed by atoms with van der Waals surface area (Å²) < 4.78 is 66.8. The van der Waals surface area contributed by atoms with Crippen LogP contribution in [-0.4, -0.2) is 25.5 Å². The minimum absolute atomic E-state index is 0.0322. The number of aryl methyl sites for hydroxylation is 1. The van der Waals surface area contributed by atoms with Crippen molar-refractivity contribution in [2.75, 3.05) is 7.05 Å². The van der Waals surface area contributed by atoms with Crippen LogP contribution in [0.2, 0.25) is 0 Å². The lowest BCUT2D eigenvalue weighted by Crippen LogP contribution is -2.17. The van der Waals surface area contributed by atoms with Gasteiger partial charge in [-0.2, -0.15) is 13.2 Å². The first-order chi connectivity index (χ1) is 14.5. The van der Waals surface area contributed by atoms with E-state index in [1.807, 2.05) is 13.0 Å². The summed E-state index contributed by atoms with van der Waals surface area (Å²) in [5.41, 5.74) is 6.84. The van der Waals surface area contributed by atoms with E-state index in [1.165, 1.54) is 13.1 Å². The number of benzene rings is 3. The number of halogens is 5. The molecule has 3 N–H and O–H groups in total. The fraction of sp³-hybridized carbons (Fsp3) is 0.217. The molecule has 0 aliphatic rings.